The minimum absolute atomic E-state index is 0.0295. The van der Waals surface area contributed by atoms with Gasteiger partial charge in [0, 0.05) is 35.2 Å². The van der Waals surface area contributed by atoms with Crippen LogP contribution in [0.3, 0.4) is 0 Å². The molecule has 13 fully saturated rings. The monoisotopic (exact) mass is 826 g/mol. The average molecular weight is 827 g/mol. The first kappa shape index (κ1) is 37.5. The molecule has 13 aliphatic rings. The summed E-state index contributed by atoms with van der Waals surface area (Å²) in [5.74, 6) is -0.757. The lowest BCUT2D eigenvalue weighted by Gasteiger charge is -2.65. The normalized spacial score (nSPS) is 48.7. The van der Waals surface area contributed by atoms with Crippen LogP contribution in [0.1, 0.15) is 96.3 Å². The molecule has 0 aromatic carbocycles. The van der Waals surface area contributed by atoms with E-state index in [1.54, 1.807) is 23.5 Å². The number of Topliss-reactive ketones (excluding diaryl/α,β-unsaturated/α-hetero) is 2. The quantitative estimate of drug-likeness (QED) is 0.173. The number of ether oxygens (including phenoxy) is 3. The van der Waals surface area contributed by atoms with Crippen molar-refractivity contribution in [3.8, 4) is 0 Å². The fraction of sp³-hybridized carbons (Fsp3) is 0.872. The van der Waals surface area contributed by atoms with Gasteiger partial charge in [0.1, 0.15) is 30.4 Å². The van der Waals surface area contributed by atoms with Crippen molar-refractivity contribution in [2.75, 3.05) is 24.7 Å². The molecule has 0 amide bonds. The molecule has 12 bridgehead atoms. The number of hydrogen-bond acceptors (Lipinski definition) is 12. The van der Waals surface area contributed by atoms with Gasteiger partial charge in [-0.1, -0.05) is 0 Å². The van der Waals surface area contributed by atoms with Crippen molar-refractivity contribution in [3.63, 3.8) is 0 Å². The lowest BCUT2D eigenvalue weighted by atomic mass is 9.49. The van der Waals surface area contributed by atoms with Crippen molar-refractivity contribution < 1.29 is 59.9 Å². The number of thioether (sulfide) groups is 2. The molecule has 0 aromatic rings. The Labute approximate surface area is 327 Å². The second-order valence-corrected chi connectivity index (χ2v) is 24.1. The van der Waals surface area contributed by atoms with Crippen molar-refractivity contribution in [2.45, 2.75) is 111 Å². The van der Waals surface area contributed by atoms with Crippen LogP contribution in [0.2, 0.25) is 0 Å². The number of halogens is 2. The van der Waals surface area contributed by atoms with Crippen LogP contribution in [0, 0.1) is 69.5 Å². The van der Waals surface area contributed by atoms with E-state index in [1.807, 2.05) is 0 Å². The Morgan fingerprint density at radius 2 is 1.09 bits per heavy atom. The summed E-state index contributed by atoms with van der Waals surface area (Å²) < 4.78 is 78.0. The molecule has 6 atom stereocenters. The summed E-state index contributed by atoms with van der Waals surface area (Å²) in [7, 11) is -6.00. The molecule has 0 radical (unpaired) electrons. The summed E-state index contributed by atoms with van der Waals surface area (Å²) in [5.41, 5.74) is -3.29. The summed E-state index contributed by atoms with van der Waals surface area (Å²) >= 11 is 3.45. The standard InChI is InChI=1S/C39H48F2O11S3/c40-39(41,55(47,48)49)33(46)52-37-9-22-5-27(14-37)38(28(6-22)15-37)53-18-34(19-54-38,16-50-31(44)35-7-20-1-23(10-35)29(42)24(2-20)11-35)17-51-32(45)36-8-21-3-25(12-36)30(43)26(4-21)13-36/h20-28H,1-19H2,(H,47,48,49). The molecule has 12 saturated carbocycles. The largest absolute Gasteiger partial charge is 0.465 e. The lowest BCUT2D eigenvalue weighted by Crippen LogP contribution is -2.64. The molecule has 12 aliphatic carbocycles. The van der Waals surface area contributed by atoms with Crippen molar-refractivity contribution in [3.05, 3.63) is 0 Å². The third-order valence-electron chi connectivity index (χ3n) is 16.2. The van der Waals surface area contributed by atoms with E-state index < -0.39 is 43.2 Å². The molecule has 55 heavy (non-hydrogen) atoms. The Kier molecular flexibility index (Phi) is 8.28. The van der Waals surface area contributed by atoms with Gasteiger partial charge in [-0.3, -0.25) is 23.7 Å². The van der Waals surface area contributed by atoms with Crippen molar-refractivity contribution in [2.24, 2.45) is 69.5 Å². The average Bonchev–Trinajstić information content (AvgIpc) is 3.12. The fourth-order valence-corrected chi connectivity index (χ4v) is 18.7. The molecule has 11 nitrogen and oxygen atoms in total. The maximum absolute atomic E-state index is 14.3. The number of esters is 3. The number of rotatable bonds is 9. The summed E-state index contributed by atoms with van der Waals surface area (Å²) in [5, 5.41) is -5.06. The lowest BCUT2D eigenvalue weighted by molar-refractivity contribution is -0.202. The van der Waals surface area contributed by atoms with Crippen LogP contribution in [-0.4, -0.2) is 82.1 Å². The van der Waals surface area contributed by atoms with Gasteiger partial charge >= 0.3 is 33.3 Å². The van der Waals surface area contributed by atoms with E-state index in [0.29, 0.717) is 79.9 Å². The molecule has 0 aromatic heterocycles. The molecule has 6 unspecified atom stereocenters. The molecule has 1 aliphatic heterocycles. The van der Waals surface area contributed by atoms with Crippen LogP contribution in [0.25, 0.3) is 0 Å². The van der Waals surface area contributed by atoms with E-state index in [4.69, 9.17) is 18.8 Å². The van der Waals surface area contributed by atoms with Crippen LogP contribution in [-0.2, 0) is 48.3 Å². The summed E-state index contributed by atoms with van der Waals surface area (Å²) in [4.78, 5) is 66.5. The van der Waals surface area contributed by atoms with Crippen LogP contribution >= 0.6 is 23.5 Å². The molecule has 1 N–H and O–H groups in total. The highest BCUT2D eigenvalue weighted by molar-refractivity contribution is 8.18. The van der Waals surface area contributed by atoms with E-state index in [2.05, 4.69) is 0 Å². The molecule has 1 saturated heterocycles. The Morgan fingerprint density at radius 3 is 1.51 bits per heavy atom. The number of carbonyl (C=O) groups is 5. The smallest absolute Gasteiger partial charge is 0.464 e. The number of hydrogen-bond donors (Lipinski definition) is 1. The topological polar surface area (TPSA) is 167 Å². The van der Waals surface area contributed by atoms with E-state index in [9.17, 15) is 41.2 Å². The van der Waals surface area contributed by atoms with Crippen LogP contribution < -0.4 is 0 Å². The zero-order valence-corrected chi connectivity index (χ0v) is 33.1. The minimum atomic E-state index is -6.00. The second kappa shape index (κ2) is 12.1. The molecular weight excluding hydrogens is 779 g/mol. The highest BCUT2D eigenvalue weighted by atomic mass is 32.2. The Balaban J connectivity index is 0.871. The van der Waals surface area contributed by atoms with Crippen molar-refractivity contribution in [1.82, 2.24) is 0 Å². The van der Waals surface area contributed by atoms with E-state index in [-0.39, 0.29) is 70.7 Å². The molecule has 1 spiro atoms. The minimum Gasteiger partial charge on any atom is -0.464 e. The van der Waals surface area contributed by atoms with Crippen molar-refractivity contribution >= 4 is 63.1 Å². The second-order valence-electron chi connectivity index (χ2n) is 19.9. The molecule has 1 heterocycles. The first-order valence-electron chi connectivity index (χ1n) is 20.1. The highest BCUT2D eigenvalue weighted by Crippen LogP contribution is 2.71. The predicted octanol–water partition coefficient (Wildman–Crippen LogP) is 5.63. The summed E-state index contributed by atoms with van der Waals surface area (Å²) in [6, 6.07) is 0. The fourth-order valence-electron chi connectivity index (χ4n) is 14.4. The zero-order valence-electron chi connectivity index (χ0n) is 30.6. The molecular formula is C39H48F2O11S3. The SMILES string of the molecule is O=C1C2CC3CC1CC(C(=O)OCC1(COC(=O)C45CC6CC(C4)C(=O)C(C6)C5)CSC4(SC1)C1CC5CC4CC(OC(=O)C(F)(F)S(=O)(=O)O)(C5)C1)(C3)C2. The van der Waals surface area contributed by atoms with Gasteiger partial charge < -0.3 is 14.2 Å². The van der Waals surface area contributed by atoms with E-state index in [0.717, 1.165) is 51.4 Å². The van der Waals surface area contributed by atoms with Gasteiger partial charge in [-0.15, -0.1) is 23.5 Å². The predicted molar refractivity (Wildman–Crippen MR) is 193 cm³/mol. The first-order valence-corrected chi connectivity index (χ1v) is 23.6. The summed E-state index contributed by atoms with van der Waals surface area (Å²) in [6.45, 7) is 0.100. The van der Waals surface area contributed by atoms with Crippen molar-refractivity contribution in [1.29, 1.82) is 0 Å². The third kappa shape index (κ3) is 5.61. The highest BCUT2D eigenvalue weighted by Gasteiger charge is 2.68. The van der Waals surface area contributed by atoms with Gasteiger partial charge in [0.2, 0.25) is 0 Å². The zero-order chi connectivity index (χ0) is 38.6. The van der Waals surface area contributed by atoms with Gasteiger partial charge in [0.15, 0.2) is 0 Å². The molecule has 16 heteroatoms. The number of alkyl halides is 2. The van der Waals surface area contributed by atoms with Crippen LogP contribution in [0.4, 0.5) is 8.78 Å². The number of ketones is 2. The maximum atomic E-state index is 14.3. The summed E-state index contributed by atoms with van der Waals surface area (Å²) in [6.07, 6.45) is 9.54. The van der Waals surface area contributed by atoms with Gasteiger partial charge in [-0.25, -0.2) is 4.79 Å². The molecule has 302 valence electrons. The van der Waals surface area contributed by atoms with E-state index >= 15 is 0 Å². The molecule has 13 rings (SSSR count). The van der Waals surface area contributed by atoms with Crippen LogP contribution in [0.15, 0.2) is 0 Å². The van der Waals surface area contributed by atoms with Gasteiger partial charge in [-0.2, -0.15) is 17.2 Å². The maximum Gasteiger partial charge on any atom is 0.465 e. The first-order chi connectivity index (χ1) is 25.9. The van der Waals surface area contributed by atoms with Gasteiger partial charge in [0.05, 0.1) is 20.3 Å². The Morgan fingerprint density at radius 1 is 0.673 bits per heavy atom. The van der Waals surface area contributed by atoms with Crippen LogP contribution in [0.5, 0.6) is 0 Å². The van der Waals surface area contributed by atoms with Gasteiger partial charge in [-0.05, 0) is 126 Å². The number of carbonyl (C=O) groups excluding carboxylic acids is 5. The Hall–Kier alpha value is -1.78. The Bertz CT molecular complexity index is 1730. The van der Waals surface area contributed by atoms with Gasteiger partial charge in [0.25, 0.3) is 0 Å². The van der Waals surface area contributed by atoms with E-state index in [1.165, 1.54) is 0 Å². The third-order valence-corrected chi connectivity index (χ3v) is 21.5.